The monoisotopic (exact) mass is 271 g/mol. The lowest BCUT2D eigenvalue weighted by Gasteiger charge is -2.11. The molecule has 3 aromatic rings. The molecule has 3 rings (SSSR count). The smallest absolute Gasteiger partial charge is 0.140 e. The maximum atomic E-state index is 13.8. The Morgan fingerprint density at radius 1 is 1.05 bits per heavy atom. The molecule has 0 radical (unpaired) electrons. The number of hydrogen-bond donors (Lipinski definition) is 2. The summed E-state index contributed by atoms with van der Waals surface area (Å²) in [7, 11) is 0. The van der Waals surface area contributed by atoms with Crippen molar-refractivity contribution in [3.05, 3.63) is 60.3 Å². The normalized spacial score (nSPS) is 10.7. The third-order valence-electron chi connectivity index (χ3n) is 2.99. The molecule has 100 valence electrons. The molecule has 0 atom stereocenters. The van der Waals surface area contributed by atoms with Gasteiger partial charge in [-0.2, -0.15) is 0 Å². The van der Waals surface area contributed by atoms with Crippen molar-refractivity contribution in [2.75, 3.05) is 11.1 Å². The van der Waals surface area contributed by atoms with Gasteiger partial charge >= 0.3 is 0 Å². The van der Waals surface area contributed by atoms with Gasteiger partial charge < -0.3 is 11.1 Å². The SMILES string of the molecule is Nc1ccc(F)c2ccnc(Nc3cccc(F)c3)c12. The Labute approximate surface area is 114 Å². The van der Waals surface area contributed by atoms with Crippen molar-refractivity contribution in [3.8, 4) is 0 Å². The first-order valence-electron chi connectivity index (χ1n) is 6.00. The van der Waals surface area contributed by atoms with Gasteiger partial charge in [-0.1, -0.05) is 6.07 Å². The summed E-state index contributed by atoms with van der Waals surface area (Å²) in [5, 5.41) is 3.82. The summed E-state index contributed by atoms with van der Waals surface area (Å²) in [5.74, 6) is -0.349. The number of rotatable bonds is 2. The van der Waals surface area contributed by atoms with Gasteiger partial charge in [-0.05, 0) is 36.4 Å². The zero-order chi connectivity index (χ0) is 14.1. The lowest BCUT2D eigenvalue weighted by Crippen LogP contribution is -1.98. The Morgan fingerprint density at radius 2 is 1.90 bits per heavy atom. The molecule has 0 saturated carbocycles. The number of pyridine rings is 1. The molecule has 0 spiro atoms. The van der Waals surface area contributed by atoms with Crippen LogP contribution < -0.4 is 11.1 Å². The van der Waals surface area contributed by atoms with Crippen LogP contribution in [0.15, 0.2) is 48.7 Å². The van der Waals surface area contributed by atoms with Crippen molar-refractivity contribution in [1.82, 2.24) is 4.98 Å². The minimum atomic E-state index is -0.376. The van der Waals surface area contributed by atoms with E-state index < -0.39 is 0 Å². The van der Waals surface area contributed by atoms with Crippen LogP contribution in [0.1, 0.15) is 0 Å². The second-order valence-electron chi connectivity index (χ2n) is 4.35. The standard InChI is InChI=1S/C15H11F2N3/c16-9-2-1-3-10(8-9)20-15-14-11(6-7-19-15)12(17)4-5-13(14)18/h1-8H,18H2,(H,19,20). The number of hydrogen-bond acceptors (Lipinski definition) is 3. The van der Waals surface area contributed by atoms with Crippen molar-refractivity contribution >= 4 is 28.0 Å². The van der Waals surface area contributed by atoms with Crippen LogP contribution >= 0.6 is 0 Å². The molecule has 0 unspecified atom stereocenters. The minimum Gasteiger partial charge on any atom is -0.398 e. The highest BCUT2D eigenvalue weighted by atomic mass is 19.1. The molecule has 2 aromatic carbocycles. The molecule has 1 heterocycles. The van der Waals surface area contributed by atoms with Crippen LogP contribution in [-0.2, 0) is 0 Å². The van der Waals surface area contributed by atoms with E-state index in [1.165, 1.54) is 30.5 Å². The molecule has 5 heteroatoms. The zero-order valence-corrected chi connectivity index (χ0v) is 10.4. The zero-order valence-electron chi connectivity index (χ0n) is 10.4. The van der Waals surface area contributed by atoms with E-state index in [0.717, 1.165) is 0 Å². The van der Waals surface area contributed by atoms with Gasteiger partial charge in [0, 0.05) is 23.0 Å². The summed E-state index contributed by atoms with van der Waals surface area (Å²) >= 11 is 0. The number of halogens is 2. The molecule has 0 bridgehead atoms. The molecule has 0 aliphatic heterocycles. The second kappa shape index (κ2) is 4.77. The average Bonchev–Trinajstić information content (AvgIpc) is 2.43. The Hall–Kier alpha value is -2.69. The molecule has 3 N–H and O–H groups in total. The van der Waals surface area contributed by atoms with Crippen LogP contribution in [0.25, 0.3) is 10.8 Å². The van der Waals surface area contributed by atoms with Gasteiger partial charge in [0.05, 0.1) is 5.39 Å². The fourth-order valence-electron chi connectivity index (χ4n) is 2.09. The number of aromatic nitrogens is 1. The number of nitrogens with zero attached hydrogens (tertiary/aromatic N) is 1. The quantitative estimate of drug-likeness (QED) is 0.696. The molecule has 20 heavy (non-hydrogen) atoms. The lowest BCUT2D eigenvalue weighted by atomic mass is 10.1. The molecule has 0 aliphatic carbocycles. The van der Waals surface area contributed by atoms with Crippen molar-refractivity contribution in [2.24, 2.45) is 0 Å². The minimum absolute atomic E-state index is 0.366. The first-order valence-corrected chi connectivity index (χ1v) is 6.00. The molecule has 3 nitrogen and oxygen atoms in total. The van der Waals surface area contributed by atoms with Crippen LogP contribution in [-0.4, -0.2) is 4.98 Å². The molecule has 0 saturated heterocycles. The third kappa shape index (κ3) is 2.14. The summed E-state index contributed by atoms with van der Waals surface area (Å²) in [6, 6.07) is 10.3. The molecular weight excluding hydrogens is 260 g/mol. The molecule has 0 aliphatic rings. The van der Waals surface area contributed by atoms with Gasteiger partial charge in [0.2, 0.25) is 0 Å². The summed E-state index contributed by atoms with van der Waals surface area (Å²) in [4.78, 5) is 4.15. The number of fused-ring (bicyclic) bond motifs is 1. The van der Waals surface area contributed by atoms with E-state index in [-0.39, 0.29) is 11.6 Å². The highest BCUT2D eigenvalue weighted by molar-refractivity contribution is 6.01. The number of benzene rings is 2. The molecule has 1 aromatic heterocycles. The van der Waals surface area contributed by atoms with E-state index in [2.05, 4.69) is 10.3 Å². The third-order valence-corrected chi connectivity index (χ3v) is 2.99. The van der Waals surface area contributed by atoms with Gasteiger partial charge in [-0.15, -0.1) is 0 Å². The van der Waals surface area contributed by atoms with E-state index in [0.29, 0.717) is 28.0 Å². The number of nitrogens with two attached hydrogens (primary N) is 1. The Balaban J connectivity index is 2.15. The van der Waals surface area contributed by atoms with Gasteiger partial charge in [0.25, 0.3) is 0 Å². The fourth-order valence-corrected chi connectivity index (χ4v) is 2.09. The predicted molar refractivity (Wildman–Crippen MR) is 75.8 cm³/mol. The predicted octanol–water partition coefficient (Wildman–Crippen LogP) is 3.84. The maximum absolute atomic E-state index is 13.8. The van der Waals surface area contributed by atoms with Crippen molar-refractivity contribution in [3.63, 3.8) is 0 Å². The molecule has 0 amide bonds. The van der Waals surface area contributed by atoms with Gasteiger partial charge in [0.15, 0.2) is 0 Å². The van der Waals surface area contributed by atoms with Crippen molar-refractivity contribution in [2.45, 2.75) is 0 Å². The Kier molecular flexibility index (Phi) is 2.95. The largest absolute Gasteiger partial charge is 0.398 e. The molecular formula is C15H11F2N3. The molecule has 0 fully saturated rings. The average molecular weight is 271 g/mol. The maximum Gasteiger partial charge on any atom is 0.140 e. The summed E-state index contributed by atoms with van der Waals surface area (Å²) in [6.45, 7) is 0. The summed E-state index contributed by atoms with van der Waals surface area (Å²) < 4.78 is 27.0. The highest BCUT2D eigenvalue weighted by Crippen LogP contribution is 2.30. The number of anilines is 3. The van der Waals surface area contributed by atoms with Gasteiger partial charge in [-0.25, -0.2) is 13.8 Å². The number of nitrogen functional groups attached to an aromatic ring is 1. The Bertz CT molecular complexity index is 787. The van der Waals surface area contributed by atoms with Crippen LogP contribution in [0.4, 0.5) is 26.0 Å². The van der Waals surface area contributed by atoms with Crippen LogP contribution in [0, 0.1) is 11.6 Å². The van der Waals surface area contributed by atoms with Gasteiger partial charge in [-0.3, -0.25) is 0 Å². The van der Waals surface area contributed by atoms with E-state index in [9.17, 15) is 8.78 Å². The van der Waals surface area contributed by atoms with Crippen LogP contribution in [0.3, 0.4) is 0 Å². The van der Waals surface area contributed by atoms with Gasteiger partial charge in [0.1, 0.15) is 17.5 Å². The van der Waals surface area contributed by atoms with E-state index >= 15 is 0 Å². The van der Waals surface area contributed by atoms with Crippen molar-refractivity contribution in [1.29, 1.82) is 0 Å². The topological polar surface area (TPSA) is 50.9 Å². The summed E-state index contributed by atoms with van der Waals surface area (Å²) in [6.07, 6.45) is 1.48. The van der Waals surface area contributed by atoms with Crippen LogP contribution in [0.2, 0.25) is 0 Å². The van der Waals surface area contributed by atoms with E-state index in [1.807, 2.05) is 0 Å². The second-order valence-corrected chi connectivity index (χ2v) is 4.35. The number of nitrogens with one attached hydrogen (secondary N) is 1. The van der Waals surface area contributed by atoms with E-state index in [1.54, 1.807) is 18.2 Å². The fraction of sp³-hybridized carbons (Fsp3) is 0. The Morgan fingerprint density at radius 3 is 2.70 bits per heavy atom. The summed E-state index contributed by atoms with van der Waals surface area (Å²) in [5.41, 5.74) is 6.82. The first-order chi connectivity index (χ1) is 9.65. The van der Waals surface area contributed by atoms with Crippen LogP contribution in [0.5, 0.6) is 0 Å². The highest BCUT2D eigenvalue weighted by Gasteiger charge is 2.10. The lowest BCUT2D eigenvalue weighted by molar-refractivity contribution is 0.628. The van der Waals surface area contributed by atoms with E-state index in [4.69, 9.17) is 5.73 Å². The van der Waals surface area contributed by atoms with Crippen molar-refractivity contribution < 1.29 is 8.78 Å². The first kappa shape index (κ1) is 12.3.